The van der Waals surface area contributed by atoms with Crippen molar-refractivity contribution in [2.24, 2.45) is 0 Å². The van der Waals surface area contributed by atoms with Gasteiger partial charge in [0.2, 0.25) is 0 Å². The number of benzene rings is 2. The van der Waals surface area contributed by atoms with Crippen LogP contribution in [0.2, 0.25) is 0 Å². The third-order valence-corrected chi connectivity index (χ3v) is 5.04. The van der Waals surface area contributed by atoms with Crippen LogP contribution in [0.3, 0.4) is 0 Å². The van der Waals surface area contributed by atoms with E-state index in [9.17, 15) is 14.7 Å². The van der Waals surface area contributed by atoms with Gasteiger partial charge in [0.15, 0.2) is 6.10 Å². The van der Waals surface area contributed by atoms with E-state index in [4.69, 9.17) is 9.47 Å². The molecule has 172 valence electrons. The molecule has 0 saturated carbocycles. The first-order valence-electron chi connectivity index (χ1n) is 10.7. The molecule has 7 nitrogen and oxygen atoms in total. The summed E-state index contributed by atoms with van der Waals surface area (Å²) in [5, 5.41) is 9.21. The molecule has 0 aliphatic carbocycles. The van der Waals surface area contributed by atoms with Crippen LogP contribution in [0, 0.1) is 0 Å². The van der Waals surface area contributed by atoms with E-state index in [1.54, 1.807) is 29.7 Å². The quantitative estimate of drug-likeness (QED) is 0.426. The van der Waals surface area contributed by atoms with Gasteiger partial charge < -0.3 is 14.6 Å². The summed E-state index contributed by atoms with van der Waals surface area (Å²) in [6.07, 6.45) is 0.0605. The molecule has 2 aromatic carbocycles. The molecule has 1 heterocycles. The van der Waals surface area contributed by atoms with Crippen molar-refractivity contribution in [2.45, 2.75) is 39.3 Å². The first-order chi connectivity index (χ1) is 15.5. The molecule has 8 heteroatoms. The molecule has 33 heavy (non-hydrogen) atoms. The summed E-state index contributed by atoms with van der Waals surface area (Å²) >= 11 is 0. The second-order valence-electron chi connectivity index (χ2n) is 7.25. The summed E-state index contributed by atoms with van der Waals surface area (Å²) in [5.74, 6) is 0.388. The zero-order chi connectivity index (χ0) is 22.9. The molecule has 0 amide bonds. The van der Waals surface area contributed by atoms with Gasteiger partial charge in [-0.15, -0.1) is 0 Å². The van der Waals surface area contributed by atoms with E-state index in [0.29, 0.717) is 43.4 Å². The molecule has 0 spiro atoms. The Morgan fingerprint density at radius 1 is 1.09 bits per heavy atom. The van der Waals surface area contributed by atoms with Crippen molar-refractivity contribution in [3.63, 3.8) is 0 Å². The average Bonchev–Trinajstić information content (AvgIpc) is 2.81. The fourth-order valence-electron chi connectivity index (χ4n) is 3.43. The molecule has 1 atom stereocenters. The Morgan fingerprint density at radius 2 is 1.79 bits per heavy atom. The Bertz CT molecular complexity index is 1080. The van der Waals surface area contributed by atoms with Crippen LogP contribution in [0.1, 0.15) is 25.2 Å². The number of carboxylic acid groups (broad SMARTS) is 1. The molecular weight excluding hydrogens is 448 g/mol. The molecule has 0 radical (unpaired) electrons. The van der Waals surface area contributed by atoms with Crippen molar-refractivity contribution in [3.8, 4) is 17.0 Å². The Balaban J connectivity index is 0.00000385. The van der Waals surface area contributed by atoms with Crippen molar-refractivity contribution in [1.82, 2.24) is 9.55 Å². The topological polar surface area (TPSA) is 90.7 Å². The molecule has 0 bridgehead atoms. The summed E-state index contributed by atoms with van der Waals surface area (Å²) < 4.78 is 12.7. The molecule has 0 saturated heterocycles. The van der Waals surface area contributed by atoms with Gasteiger partial charge in [-0.1, -0.05) is 49.4 Å². The van der Waals surface area contributed by atoms with Crippen LogP contribution in [0.4, 0.5) is 0 Å². The first kappa shape index (κ1) is 27.1. The van der Waals surface area contributed by atoms with Crippen LogP contribution >= 0.6 is 0 Å². The van der Waals surface area contributed by atoms with Crippen molar-refractivity contribution in [1.29, 1.82) is 0 Å². The minimum absolute atomic E-state index is 0. The average molecular weight is 479 g/mol. The molecule has 1 unspecified atom stereocenters. The van der Waals surface area contributed by atoms with Gasteiger partial charge in [-0.2, -0.15) is 0 Å². The van der Waals surface area contributed by atoms with Gasteiger partial charge in [-0.3, -0.25) is 9.36 Å². The maximum absolute atomic E-state index is 12.7. The molecule has 1 aromatic heterocycles. The van der Waals surface area contributed by atoms with Crippen molar-refractivity contribution in [3.05, 3.63) is 82.4 Å². The second kappa shape index (κ2) is 13.5. The van der Waals surface area contributed by atoms with E-state index in [1.807, 2.05) is 49.4 Å². The van der Waals surface area contributed by atoms with E-state index in [-0.39, 0.29) is 49.7 Å². The van der Waals surface area contributed by atoms with Gasteiger partial charge >= 0.3 is 43.7 Å². The summed E-state index contributed by atoms with van der Waals surface area (Å²) in [4.78, 5) is 28.6. The zero-order valence-electron chi connectivity index (χ0n) is 18.4. The zero-order valence-corrected chi connectivity index (χ0v) is 18.4. The van der Waals surface area contributed by atoms with E-state index in [1.165, 1.54) is 0 Å². The summed E-state index contributed by atoms with van der Waals surface area (Å²) in [6.45, 7) is 4.79. The monoisotopic (exact) mass is 478 g/mol. The number of aromatic nitrogens is 2. The van der Waals surface area contributed by atoms with Crippen molar-refractivity contribution in [2.75, 3.05) is 13.2 Å². The number of carboxylic acids is 1. The van der Waals surface area contributed by atoms with E-state index in [0.717, 1.165) is 11.1 Å². The Kier molecular flexibility index (Phi) is 11.1. The van der Waals surface area contributed by atoms with Gasteiger partial charge in [0.05, 0.1) is 12.2 Å². The van der Waals surface area contributed by atoms with Crippen LogP contribution in [0.5, 0.6) is 5.75 Å². The maximum atomic E-state index is 12.7. The van der Waals surface area contributed by atoms with Crippen molar-refractivity contribution < 1.29 is 19.4 Å². The summed E-state index contributed by atoms with van der Waals surface area (Å²) in [6, 6.07) is 18.4. The van der Waals surface area contributed by atoms with E-state index in [2.05, 4.69) is 4.98 Å². The second-order valence-corrected chi connectivity index (χ2v) is 7.25. The molecular formula is C25H30CaN2O5. The molecule has 0 fully saturated rings. The van der Waals surface area contributed by atoms with Gasteiger partial charge in [0.1, 0.15) is 18.2 Å². The predicted molar refractivity (Wildman–Crippen MR) is 131 cm³/mol. The number of rotatable bonds is 11. The third kappa shape index (κ3) is 7.67. The fraction of sp³-hybridized carbons (Fsp3) is 0.320. The number of hydrogen-bond donors (Lipinski definition) is 1. The third-order valence-electron chi connectivity index (χ3n) is 5.04. The van der Waals surface area contributed by atoms with Gasteiger partial charge in [0.25, 0.3) is 5.56 Å². The van der Waals surface area contributed by atoms with Gasteiger partial charge in [-0.25, -0.2) is 9.78 Å². The Hall–Kier alpha value is -2.19. The van der Waals surface area contributed by atoms with Crippen LogP contribution in [0.15, 0.2) is 65.5 Å². The predicted octanol–water partition coefficient (Wildman–Crippen LogP) is 2.67. The normalized spacial score (nSPS) is 11.5. The van der Waals surface area contributed by atoms with Gasteiger partial charge in [-0.05, 0) is 24.6 Å². The van der Waals surface area contributed by atoms with Crippen LogP contribution < -0.4 is 10.3 Å². The molecule has 3 aromatic rings. The number of ether oxygens (including phenoxy) is 2. The van der Waals surface area contributed by atoms with E-state index < -0.39 is 12.1 Å². The number of carbonyl (C=O) groups is 1. The SMILES string of the molecule is CCOC(Cc1ccc(OCCn2c(CC)nc(-c3ccccc3)cc2=O)cc1)C(=O)O.[CaH2]. The molecule has 3 rings (SSSR count). The number of aliphatic carboxylic acids is 1. The van der Waals surface area contributed by atoms with Crippen LogP contribution in [-0.2, 0) is 28.9 Å². The van der Waals surface area contributed by atoms with Gasteiger partial charge in [0, 0.05) is 31.1 Å². The Labute approximate surface area is 223 Å². The summed E-state index contributed by atoms with van der Waals surface area (Å²) in [5.41, 5.74) is 2.33. The molecule has 0 aliphatic rings. The fourth-order valence-corrected chi connectivity index (χ4v) is 3.43. The minimum atomic E-state index is -0.976. The number of nitrogens with zero attached hydrogens (tertiary/aromatic N) is 2. The standard InChI is InChI=1S/C25H28N2O5.Ca.2H/c1-3-23-26-21(19-8-6-5-7-9-19)17-24(28)27(23)14-15-32-20-12-10-18(11-13-20)16-22(25(29)30)31-4-2;;;/h5-13,17,22H,3-4,14-16H2,1-2H3,(H,29,30);;;. The number of hydrogen-bond acceptors (Lipinski definition) is 5. The van der Waals surface area contributed by atoms with Crippen LogP contribution in [0.25, 0.3) is 11.3 Å². The molecule has 1 N–H and O–H groups in total. The molecule has 0 aliphatic heterocycles. The van der Waals surface area contributed by atoms with Crippen LogP contribution in [-0.4, -0.2) is 77.7 Å². The summed E-state index contributed by atoms with van der Waals surface area (Å²) in [7, 11) is 0. The number of aryl methyl sites for hydroxylation is 1. The Morgan fingerprint density at radius 3 is 2.39 bits per heavy atom. The first-order valence-corrected chi connectivity index (χ1v) is 10.7. The van der Waals surface area contributed by atoms with Crippen molar-refractivity contribution >= 4 is 43.7 Å². The van der Waals surface area contributed by atoms with E-state index >= 15 is 0 Å².